The zero-order valence-electron chi connectivity index (χ0n) is 14.1. The van der Waals surface area contributed by atoms with Crippen molar-refractivity contribution in [2.75, 3.05) is 11.4 Å². The average Bonchev–Trinajstić information content (AvgIpc) is 3.12. The van der Waals surface area contributed by atoms with Crippen molar-refractivity contribution in [3.63, 3.8) is 0 Å². The van der Waals surface area contributed by atoms with E-state index in [4.69, 9.17) is 0 Å². The maximum absolute atomic E-state index is 13.7. The van der Waals surface area contributed by atoms with E-state index in [-0.39, 0.29) is 10.8 Å². The highest BCUT2D eigenvalue weighted by Gasteiger charge is 2.77. The Kier molecular flexibility index (Phi) is 2.00. The van der Waals surface area contributed by atoms with Gasteiger partial charge in [0.25, 0.3) is 0 Å². The zero-order chi connectivity index (χ0) is 15.6. The van der Waals surface area contributed by atoms with Crippen LogP contribution in [-0.4, -0.2) is 12.5 Å². The van der Waals surface area contributed by atoms with Gasteiger partial charge in [0.1, 0.15) is 0 Å². The van der Waals surface area contributed by atoms with Crippen molar-refractivity contribution < 1.29 is 4.79 Å². The molecule has 4 fully saturated rings. The normalized spacial score (nSPS) is 46.9. The number of anilines is 1. The molecule has 5 unspecified atom stereocenters. The molecule has 5 atom stereocenters. The van der Waals surface area contributed by atoms with Crippen LogP contribution in [0.25, 0.3) is 0 Å². The van der Waals surface area contributed by atoms with Crippen LogP contribution in [0.3, 0.4) is 0 Å². The van der Waals surface area contributed by atoms with Crippen molar-refractivity contribution in [2.45, 2.75) is 51.4 Å². The Labute approximate surface area is 138 Å². The first-order valence-electron chi connectivity index (χ1n) is 9.37. The van der Waals surface area contributed by atoms with Crippen molar-refractivity contribution in [3.8, 4) is 0 Å². The highest BCUT2D eigenvalue weighted by atomic mass is 16.2. The lowest BCUT2D eigenvalue weighted by atomic mass is 9.60. The van der Waals surface area contributed by atoms with E-state index in [0.717, 1.165) is 29.7 Å². The summed E-state index contributed by atoms with van der Waals surface area (Å²) in [7, 11) is 0. The number of carbonyl (C=O) groups is 1. The number of amides is 1. The van der Waals surface area contributed by atoms with E-state index in [1.807, 2.05) is 0 Å². The molecule has 1 heterocycles. The van der Waals surface area contributed by atoms with E-state index in [1.54, 1.807) is 0 Å². The van der Waals surface area contributed by atoms with Crippen LogP contribution in [0.5, 0.6) is 0 Å². The second-order valence-corrected chi connectivity index (χ2v) is 9.89. The number of carbonyl (C=O) groups excluding carboxylic acids is 1. The fraction of sp³-hybridized carbons (Fsp3) is 0.667. The van der Waals surface area contributed by atoms with Gasteiger partial charge < -0.3 is 4.90 Å². The number of benzene rings is 1. The third-order valence-corrected chi connectivity index (χ3v) is 8.31. The van der Waals surface area contributed by atoms with Crippen LogP contribution >= 0.6 is 0 Å². The summed E-state index contributed by atoms with van der Waals surface area (Å²) < 4.78 is 0. The fourth-order valence-electron chi connectivity index (χ4n) is 7.28. The molecule has 0 saturated heterocycles. The van der Waals surface area contributed by atoms with Crippen molar-refractivity contribution in [1.82, 2.24) is 0 Å². The number of fused-ring (bicyclic) bond motifs is 2. The minimum Gasteiger partial charge on any atom is -0.311 e. The highest BCUT2D eigenvalue weighted by molar-refractivity contribution is 6.00. The summed E-state index contributed by atoms with van der Waals surface area (Å²) in [5, 5.41) is 0. The number of hydrogen-bond donors (Lipinski definition) is 0. The minimum absolute atomic E-state index is 0.00989. The summed E-state index contributed by atoms with van der Waals surface area (Å²) in [5.74, 6) is 3.12. The predicted octanol–water partition coefficient (Wildman–Crippen LogP) is 4.14. The SMILES string of the molecule is CC1(C)CN(C(=O)C23CC4CC5(CC5C2)C4C3)c2ccccc21. The number of para-hydroxylation sites is 1. The van der Waals surface area contributed by atoms with Gasteiger partial charge in [-0.05, 0) is 66.9 Å². The zero-order valence-corrected chi connectivity index (χ0v) is 14.1. The smallest absolute Gasteiger partial charge is 0.233 e. The molecule has 1 aliphatic heterocycles. The van der Waals surface area contributed by atoms with Gasteiger partial charge in [-0.2, -0.15) is 0 Å². The van der Waals surface area contributed by atoms with E-state index >= 15 is 0 Å². The summed E-state index contributed by atoms with van der Waals surface area (Å²) in [6.07, 6.45) is 6.46. The molecule has 2 nitrogen and oxygen atoms in total. The van der Waals surface area contributed by atoms with Crippen molar-refractivity contribution in [1.29, 1.82) is 0 Å². The molecule has 5 aliphatic rings. The van der Waals surface area contributed by atoms with Crippen LogP contribution < -0.4 is 4.90 Å². The van der Waals surface area contributed by atoms with Crippen LogP contribution in [0.15, 0.2) is 24.3 Å². The second kappa shape index (κ2) is 3.53. The highest BCUT2D eigenvalue weighted by Crippen LogP contribution is 2.83. The molecular formula is C21H25NO. The Hall–Kier alpha value is -1.31. The first kappa shape index (κ1) is 13.0. The summed E-state index contributed by atoms with van der Waals surface area (Å²) in [5.41, 5.74) is 3.33. The van der Waals surface area contributed by atoms with Gasteiger partial charge in [-0.15, -0.1) is 0 Å². The van der Waals surface area contributed by atoms with Gasteiger partial charge in [0.2, 0.25) is 5.91 Å². The first-order valence-corrected chi connectivity index (χ1v) is 9.37. The molecule has 1 amide bonds. The molecule has 2 heteroatoms. The van der Waals surface area contributed by atoms with Gasteiger partial charge in [-0.3, -0.25) is 4.79 Å². The molecular weight excluding hydrogens is 282 g/mol. The third-order valence-electron chi connectivity index (χ3n) is 8.31. The van der Waals surface area contributed by atoms with E-state index in [1.165, 1.54) is 43.4 Å². The van der Waals surface area contributed by atoms with Gasteiger partial charge >= 0.3 is 0 Å². The van der Waals surface area contributed by atoms with Crippen LogP contribution in [-0.2, 0) is 10.2 Å². The molecule has 6 rings (SSSR count). The molecule has 4 saturated carbocycles. The maximum atomic E-state index is 13.7. The summed E-state index contributed by atoms with van der Waals surface area (Å²) in [6.45, 7) is 5.42. The molecule has 4 aliphatic carbocycles. The van der Waals surface area contributed by atoms with Crippen LogP contribution in [0.1, 0.15) is 51.5 Å². The molecule has 1 aromatic carbocycles. The number of nitrogens with zero attached hydrogens (tertiary/aromatic N) is 1. The quantitative estimate of drug-likeness (QED) is 0.763. The van der Waals surface area contributed by atoms with E-state index in [0.29, 0.717) is 5.91 Å². The molecule has 1 spiro atoms. The van der Waals surface area contributed by atoms with Crippen LogP contribution in [0, 0.1) is 28.6 Å². The monoisotopic (exact) mass is 307 g/mol. The summed E-state index contributed by atoms with van der Waals surface area (Å²) >= 11 is 0. The Morgan fingerprint density at radius 3 is 2.78 bits per heavy atom. The largest absolute Gasteiger partial charge is 0.311 e. The lowest BCUT2D eigenvalue weighted by Gasteiger charge is -2.44. The van der Waals surface area contributed by atoms with Crippen molar-refractivity contribution in [3.05, 3.63) is 29.8 Å². The van der Waals surface area contributed by atoms with E-state index in [9.17, 15) is 4.79 Å². The van der Waals surface area contributed by atoms with Gasteiger partial charge in [0.05, 0.1) is 5.41 Å². The molecule has 23 heavy (non-hydrogen) atoms. The average molecular weight is 307 g/mol. The predicted molar refractivity (Wildman–Crippen MR) is 90.2 cm³/mol. The summed E-state index contributed by atoms with van der Waals surface area (Å²) in [6, 6.07) is 8.57. The maximum Gasteiger partial charge on any atom is 0.233 e. The molecule has 1 aromatic rings. The fourth-order valence-corrected chi connectivity index (χ4v) is 7.28. The minimum atomic E-state index is -0.00989. The lowest BCUT2D eigenvalue weighted by Crippen LogP contribution is -2.46. The number of hydrogen-bond acceptors (Lipinski definition) is 1. The Morgan fingerprint density at radius 2 is 1.91 bits per heavy atom. The molecule has 0 N–H and O–H groups in total. The van der Waals surface area contributed by atoms with Gasteiger partial charge in [0.15, 0.2) is 0 Å². The first-order chi connectivity index (χ1) is 11.0. The molecule has 0 radical (unpaired) electrons. The third kappa shape index (κ3) is 1.33. The Balaban J connectivity index is 1.40. The van der Waals surface area contributed by atoms with E-state index < -0.39 is 0 Å². The summed E-state index contributed by atoms with van der Waals surface area (Å²) in [4.78, 5) is 15.8. The molecule has 120 valence electrons. The van der Waals surface area contributed by atoms with Crippen LogP contribution in [0.4, 0.5) is 5.69 Å². The van der Waals surface area contributed by atoms with Gasteiger partial charge in [0, 0.05) is 17.6 Å². The molecule has 2 bridgehead atoms. The second-order valence-electron chi connectivity index (χ2n) is 9.89. The van der Waals surface area contributed by atoms with Gasteiger partial charge in [-0.1, -0.05) is 32.0 Å². The Morgan fingerprint density at radius 1 is 1.09 bits per heavy atom. The topological polar surface area (TPSA) is 20.3 Å². The van der Waals surface area contributed by atoms with Gasteiger partial charge in [-0.25, -0.2) is 0 Å². The lowest BCUT2D eigenvalue weighted by molar-refractivity contribution is -0.129. The number of rotatable bonds is 1. The standard InChI is InChI=1S/C21H25NO/c1-19(2)12-22(17-6-4-3-5-15(17)19)18(23)20-7-13-8-21(16(13)11-20)10-14(21)9-20/h3-6,13-14,16H,7-12H2,1-2H3. The molecule has 0 aromatic heterocycles. The van der Waals surface area contributed by atoms with Crippen molar-refractivity contribution >= 4 is 11.6 Å². The van der Waals surface area contributed by atoms with E-state index in [2.05, 4.69) is 43.0 Å². The van der Waals surface area contributed by atoms with Crippen molar-refractivity contribution in [2.24, 2.45) is 28.6 Å². The van der Waals surface area contributed by atoms with Crippen LogP contribution in [0.2, 0.25) is 0 Å². The Bertz CT molecular complexity index is 748.